The zero-order valence-electron chi connectivity index (χ0n) is 9.94. The van der Waals surface area contributed by atoms with Crippen LogP contribution in [-0.2, 0) is 19.4 Å². The van der Waals surface area contributed by atoms with Gasteiger partial charge in [-0.1, -0.05) is 24.3 Å². The minimum atomic E-state index is 0.566. The molecule has 88 valence electrons. The van der Waals surface area contributed by atoms with Crippen LogP contribution in [0.1, 0.15) is 32.6 Å². The van der Waals surface area contributed by atoms with Gasteiger partial charge in [-0.05, 0) is 30.9 Å². The molecule has 0 radical (unpaired) electrons. The highest BCUT2D eigenvalue weighted by atomic mass is 32.1. The van der Waals surface area contributed by atoms with Crippen molar-refractivity contribution in [3.8, 4) is 0 Å². The Labute approximate surface area is 106 Å². The van der Waals surface area contributed by atoms with Gasteiger partial charge in [0.05, 0.1) is 10.7 Å². The second kappa shape index (κ2) is 4.24. The van der Waals surface area contributed by atoms with Crippen molar-refractivity contribution in [1.29, 1.82) is 0 Å². The van der Waals surface area contributed by atoms with Gasteiger partial charge in [0, 0.05) is 17.3 Å². The molecule has 0 aliphatic heterocycles. The lowest BCUT2D eigenvalue weighted by Crippen LogP contribution is -1.96. The zero-order chi connectivity index (χ0) is 11.8. The molecule has 0 saturated heterocycles. The first-order chi connectivity index (χ1) is 8.28. The van der Waals surface area contributed by atoms with Gasteiger partial charge >= 0.3 is 0 Å². The molecule has 2 aromatic rings. The molecule has 0 bridgehead atoms. The number of nitrogens with zero attached hydrogens (tertiary/aromatic N) is 1. The standard InChI is InChI=1S/C14H16N2S/c1-9-13(8-15)17-14(16-9)12-6-10-4-2-3-5-11(10)7-12/h2-5,12H,6-8,15H2,1H3. The number of aryl methyl sites for hydroxylation is 1. The predicted octanol–water partition coefficient (Wildman–Crippen LogP) is 2.79. The maximum Gasteiger partial charge on any atom is 0.0969 e. The molecule has 0 saturated carbocycles. The van der Waals surface area contributed by atoms with Gasteiger partial charge in [-0.3, -0.25) is 0 Å². The lowest BCUT2D eigenvalue weighted by atomic mass is 10.1. The lowest BCUT2D eigenvalue weighted by molar-refractivity contribution is 0.731. The number of thiazole rings is 1. The van der Waals surface area contributed by atoms with Crippen LogP contribution in [0.2, 0.25) is 0 Å². The van der Waals surface area contributed by atoms with Crippen molar-refractivity contribution < 1.29 is 0 Å². The monoisotopic (exact) mass is 244 g/mol. The van der Waals surface area contributed by atoms with Gasteiger partial charge in [0.2, 0.25) is 0 Å². The number of aromatic nitrogens is 1. The third kappa shape index (κ3) is 1.90. The zero-order valence-corrected chi connectivity index (χ0v) is 10.8. The van der Waals surface area contributed by atoms with E-state index in [1.807, 2.05) is 0 Å². The number of fused-ring (bicyclic) bond motifs is 1. The summed E-state index contributed by atoms with van der Waals surface area (Å²) in [6, 6.07) is 8.72. The van der Waals surface area contributed by atoms with E-state index in [1.165, 1.54) is 21.0 Å². The Morgan fingerprint density at radius 1 is 1.29 bits per heavy atom. The number of hydrogen-bond acceptors (Lipinski definition) is 3. The first-order valence-electron chi connectivity index (χ1n) is 6.01. The average Bonchev–Trinajstić information content (AvgIpc) is 2.91. The summed E-state index contributed by atoms with van der Waals surface area (Å²) in [4.78, 5) is 5.92. The molecule has 2 nitrogen and oxygen atoms in total. The highest BCUT2D eigenvalue weighted by molar-refractivity contribution is 7.11. The number of benzene rings is 1. The van der Waals surface area contributed by atoms with Crippen LogP contribution in [0.3, 0.4) is 0 Å². The minimum absolute atomic E-state index is 0.566. The van der Waals surface area contributed by atoms with E-state index in [9.17, 15) is 0 Å². The second-order valence-corrected chi connectivity index (χ2v) is 5.75. The smallest absolute Gasteiger partial charge is 0.0969 e. The summed E-state index contributed by atoms with van der Waals surface area (Å²) in [5, 5.41) is 1.26. The summed E-state index contributed by atoms with van der Waals surface area (Å²) in [5.74, 6) is 0.566. The van der Waals surface area contributed by atoms with E-state index in [1.54, 1.807) is 11.3 Å². The van der Waals surface area contributed by atoms with Gasteiger partial charge in [-0.15, -0.1) is 11.3 Å². The van der Waals surface area contributed by atoms with Crippen LogP contribution in [0.15, 0.2) is 24.3 Å². The summed E-state index contributed by atoms with van der Waals surface area (Å²) in [5.41, 5.74) is 9.80. The van der Waals surface area contributed by atoms with Gasteiger partial charge in [0.15, 0.2) is 0 Å². The van der Waals surface area contributed by atoms with Crippen molar-refractivity contribution in [2.75, 3.05) is 0 Å². The summed E-state index contributed by atoms with van der Waals surface area (Å²) >= 11 is 1.79. The van der Waals surface area contributed by atoms with Gasteiger partial charge in [-0.25, -0.2) is 4.98 Å². The van der Waals surface area contributed by atoms with Gasteiger partial charge in [0.25, 0.3) is 0 Å². The Hall–Kier alpha value is -1.19. The largest absolute Gasteiger partial charge is 0.326 e. The van der Waals surface area contributed by atoms with Crippen LogP contribution in [0.25, 0.3) is 0 Å². The SMILES string of the molecule is Cc1nc(C2Cc3ccccc3C2)sc1CN. The fourth-order valence-electron chi connectivity index (χ4n) is 2.55. The first kappa shape index (κ1) is 10.9. The number of rotatable bonds is 2. The first-order valence-corrected chi connectivity index (χ1v) is 6.82. The summed E-state index contributed by atoms with van der Waals surface area (Å²) in [6.45, 7) is 2.67. The maximum atomic E-state index is 5.72. The molecule has 0 spiro atoms. The van der Waals surface area contributed by atoms with Crippen molar-refractivity contribution in [2.24, 2.45) is 5.73 Å². The van der Waals surface area contributed by atoms with Crippen molar-refractivity contribution in [3.63, 3.8) is 0 Å². The van der Waals surface area contributed by atoms with Crippen molar-refractivity contribution in [2.45, 2.75) is 32.2 Å². The molecule has 3 heteroatoms. The molecule has 1 heterocycles. The Bertz CT molecular complexity index is 520. The molecule has 0 fully saturated rings. The van der Waals surface area contributed by atoms with Crippen LogP contribution in [0, 0.1) is 6.92 Å². The molecule has 1 aliphatic carbocycles. The fraction of sp³-hybridized carbons (Fsp3) is 0.357. The molecule has 0 atom stereocenters. The van der Waals surface area contributed by atoms with E-state index < -0.39 is 0 Å². The summed E-state index contributed by atoms with van der Waals surface area (Å²) < 4.78 is 0. The van der Waals surface area contributed by atoms with Crippen LogP contribution in [0.5, 0.6) is 0 Å². The molecular weight excluding hydrogens is 228 g/mol. The van der Waals surface area contributed by atoms with Gasteiger partial charge in [-0.2, -0.15) is 0 Å². The van der Waals surface area contributed by atoms with Crippen LogP contribution in [0.4, 0.5) is 0 Å². The summed E-state index contributed by atoms with van der Waals surface area (Å²) in [7, 11) is 0. The molecule has 1 aromatic carbocycles. The third-order valence-corrected chi connectivity index (χ3v) is 4.84. The van der Waals surface area contributed by atoms with E-state index in [2.05, 4.69) is 36.2 Å². The molecule has 1 aliphatic rings. The van der Waals surface area contributed by atoms with E-state index in [0.717, 1.165) is 18.5 Å². The van der Waals surface area contributed by atoms with E-state index in [4.69, 9.17) is 5.73 Å². The highest BCUT2D eigenvalue weighted by Crippen LogP contribution is 2.36. The lowest BCUT2D eigenvalue weighted by Gasteiger charge is -2.03. The maximum absolute atomic E-state index is 5.72. The second-order valence-electron chi connectivity index (χ2n) is 4.64. The Morgan fingerprint density at radius 2 is 1.94 bits per heavy atom. The van der Waals surface area contributed by atoms with E-state index in [-0.39, 0.29) is 0 Å². The molecule has 2 N–H and O–H groups in total. The quantitative estimate of drug-likeness (QED) is 0.882. The van der Waals surface area contributed by atoms with Crippen molar-refractivity contribution in [3.05, 3.63) is 51.0 Å². The Morgan fingerprint density at radius 3 is 2.47 bits per heavy atom. The van der Waals surface area contributed by atoms with E-state index in [0.29, 0.717) is 12.5 Å². The Balaban J connectivity index is 1.88. The van der Waals surface area contributed by atoms with Gasteiger partial charge in [0.1, 0.15) is 0 Å². The molecule has 1 aromatic heterocycles. The third-order valence-electron chi connectivity index (χ3n) is 3.49. The number of nitrogens with two attached hydrogens (primary N) is 1. The normalized spacial score (nSPS) is 15.2. The fourth-order valence-corrected chi connectivity index (χ4v) is 3.59. The Kier molecular flexibility index (Phi) is 2.73. The van der Waals surface area contributed by atoms with Crippen molar-refractivity contribution >= 4 is 11.3 Å². The van der Waals surface area contributed by atoms with Crippen LogP contribution >= 0.6 is 11.3 Å². The molecule has 17 heavy (non-hydrogen) atoms. The summed E-state index contributed by atoms with van der Waals surface area (Å²) in [6.07, 6.45) is 2.26. The van der Waals surface area contributed by atoms with Crippen LogP contribution < -0.4 is 5.73 Å². The predicted molar refractivity (Wildman–Crippen MR) is 71.3 cm³/mol. The highest BCUT2D eigenvalue weighted by Gasteiger charge is 2.25. The molecule has 0 amide bonds. The average molecular weight is 244 g/mol. The topological polar surface area (TPSA) is 38.9 Å². The van der Waals surface area contributed by atoms with E-state index >= 15 is 0 Å². The molecular formula is C14H16N2S. The minimum Gasteiger partial charge on any atom is -0.326 e. The molecule has 3 rings (SSSR count). The van der Waals surface area contributed by atoms with Crippen molar-refractivity contribution in [1.82, 2.24) is 4.98 Å². The van der Waals surface area contributed by atoms with Gasteiger partial charge < -0.3 is 5.73 Å². The molecule has 0 unspecified atom stereocenters. The number of hydrogen-bond donors (Lipinski definition) is 1. The van der Waals surface area contributed by atoms with Crippen LogP contribution in [-0.4, -0.2) is 4.98 Å².